The molecule has 0 unspecified atom stereocenters. The molecule has 0 amide bonds. The molecular weight excluding hydrogens is 356 g/mol. The van der Waals surface area contributed by atoms with E-state index < -0.39 is 10.1 Å². The first-order valence-corrected chi connectivity index (χ1v) is 9.77. The molecular formula is C18H18N2O5S. The summed E-state index contributed by atoms with van der Waals surface area (Å²) in [7, 11) is -3.50. The maximum Gasteiger partial charge on any atom is 0.338 e. The average Bonchev–Trinajstić information content (AvgIpc) is 3.03. The molecule has 7 nitrogen and oxygen atoms in total. The Labute approximate surface area is 151 Å². The SMILES string of the molecule is CCOC(=O)c1ccc2c(c1)ncn2-c1cccc(COS(C)(=O)=O)c1. The topological polar surface area (TPSA) is 87.5 Å². The van der Waals surface area contributed by atoms with Crippen LogP contribution in [0.3, 0.4) is 0 Å². The Bertz CT molecular complexity index is 1060. The van der Waals surface area contributed by atoms with Crippen molar-refractivity contribution in [3.05, 3.63) is 59.9 Å². The predicted molar refractivity (Wildman–Crippen MR) is 96.7 cm³/mol. The van der Waals surface area contributed by atoms with Crippen molar-refractivity contribution in [2.45, 2.75) is 13.5 Å². The van der Waals surface area contributed by atoms with Crippen molar-refractivity contribution in [2.75, 3.05) is 12.9 Å². The summed E-state index contributed by atoms with van der Waals surface area (Å²) in [6.45, 7) is 2.03. The van der Waals surface area contributed by atoms with Crippen molar-refractivity contribution < 1.29 is 22.1 Å². The second-order valence-corrected chi connectivity index (χ2v) is 7.32. The lowest BCUT2D eigenvalue weighted by Crippen LogP contribution is -2.04. The minimum Gasteiger partial charge on any atom is -0.462 e. The zero-order valence-corrected chi connectivity index (χ0v) is 15.2. The molecule has 1 aromatic heterocycles. The molecule has 2 aromatic carbocycles. The molecule has 26 heavy (non-hydrogen) atoms. The van der Waals surface area contributed by atoms with E-state index in [-0.39, 0.29) is 12.6 Å². The number of benzene rings is 2. The Morgan fingerprint density at radius 3 is 2.73 bits per heavy atom. The van der Waals surface area contributed by atoms with Gasteiger partial charge in [0.05, 0.1) is 36.1 Å². The van der Waals surface area contributed by atoms with Crippen LogP contribution in [-0.2, 0) is 25.6 Å². The van der Waals surface area contributed by atoms with E-state index in [1.807, 2.05) is 22.8 Å². The Balaban J connectivity index is 1.92. The van der Waals surface area contributed by atoms with E-state index in [1.54, 1.807) is 37.5 Å². The maximum absolute atomic E-state index is 11.8. The lowest BCUT2D eigenvalue weighted by atomic mass is 10.2. The van der Waals surface area contributed by atoms with Gasteiger partial charge in [-0.2, -0.15) is 8.42 Å². The van der Waals surface area contributed by atoms with Crippen LogP contribution in [0.2, 0.25) is 0 Å². The number of hydrogen-bond donors (Lipinski definition) is 0. The fraction of sp³-hybridized carbons (Fsp3) is 0.222. The Kier molecular flexibility index (Phi) is 5.06. The molecule has 0 aliphatic rings. The molecule has 1 heterocycles. The molecule has 0 bridgehead atoms. The predicted octanol–water partition coefficient (Wildman–Crippen LogP) is 2.68. The highest BCUT2D eigenvalue weighted by Crippen LogP contribution is 2.21. The Morgan fingerprint density at radius 2 is 2.00 bits per heavy atom. The van der Waals surface area contributed by atoms with Crippen LogP contribution in [0.5, 0.6) is 0 Å². The van der Waals surface area contributed by atoms with Gasteiger partial charge in [-0.1, -0.05) is 12.1 Å². The third-order valence-electron chi connectivity index (χ3n) is 3.69. The van der Waals surface area contributed by atoms with Crippen LogP contribution in [0.15, 0.2) is 48.8 Å². The lowest BCUT2D eigenvalue weighted by molar-refractivity contribution is 0.0526. The number of imidazole rings is 1. The number of ether oxygens (including phenoxy) is 1. The molecule has 0 fully saturated rings. The van der Waals surface area contributed by atoms with Gasteiger partial charge in [-0.3, -0.25) is 8.75 Å². The van der Waals surface area contributed by atoms with Crippen molar-refractivity contribution in [2.24, 2.45) is 0 Å². The second-order valence-electron chi connectivity index (χ2n) is 5.67. The van der Waals surface area contributed by atoms with Crippen molar-refractivity contribution in [3.63, 3.8) is 0 Å². The highest BCUT2D eigenvalue weighted by molar-refractivity contribution is 7.85. The zero-order chi connectivity index (χ0) is 18.7. The highest BCUT2D eigenvalue weighted by atomic mass is 32.2. The normalized spacial score (nSPS) is 11.6. The summed E-state index contributed by atoms with van der Waals surface area (Å²) in [5, 5.41) is 0. The van der Waals surface area contributed by atoms with Crippen LogP contribution >= 0.6 is 0 Å². The number of fused-ring (bicyclic) bond motifs is 1. The number of carbonyl (C=O) groups excluding carboxylic acids is 1. The quantitative estimate of drug-likeness (QED) is 0.487. The van der Waals surface area contributed by atoms with Gasteiger partial charge in [-0.25, -0.2) is 9.78 Å². The fourth-order valence-electron chi connectivity index (χ4n) is 2.53. The van der Waals surface area contributed by atoms with Gasteiger partial charge in [0.25, 0.3) is 10.1 Å². The van der Waals surface area contributed by atoms with Crippen molar-refractivity contribution in [3.8, 4) is 5.69 Å². The Hall–Kier alpha value is -2.71. The van der Waals surface area contributed by atoms with Gasteiger partial charge in [0.2, 0.25) is 0 Å². The lowest BCUT2D eigenvalue weighted by Gasteiger charge is -2.08. The Morgan fingerprint density at radius 1 is 1.19 bits per heavy atom. The number of carbonyl (C=O) groups is 1. The van der Waals surface area contributed by atoms with Crippen molar-refractivity contribution >= 4 is 27.1 Å². The first-order valence-electron chi connectivity index (χ1n) is 7.95. The van der Waals surface area contributed by atoms with Crippen LogP contribution in [0, 0.1) is 0 Å². The molecule has 3 aromatic rings. The summed E-state index contributed by atoms with van der Waals surface area (Å²) < 4.78 is 34.0. The van der Waals surface area contributed by atoms with Crippen LogP contribution in [0.1, 0.15) is 22.8 Å². The van der Waals surface area contributed by atoms with E-state index in [1.165, 1.54) is 0 Å². The average molecular weight is 374 g/mol. The van der Waals surface area contributed by atoms with E-state index in [0.29, 0.717) is 17.7 Å². The van der Waals surface area contributed by atoms with E-state index in [9.17, 15) is 13.2 Å². The minimum absolute atomic E-state index is 0.0354. The molecule has 0 atom stereocenters. The van der Waals surface area contributed by atoms with E-state index in [2.05, 4.69) is 4.98 Å². The van der Waals surface area contributed by atoms with Crippen LogP contribution < -0.4 is 0 Å². The number of aromatic nitrogens is 2. The molecule has 136 valence electrons. The molecule has 8 heteroatoms. The summed E-state index contributed by atoms with van der Waals surface area (Å²) in [5.41, 5.74) is 3.45. The summed E-state index contributed by atoms with van der Waals surface area (Å²) in [4.78, 5) is 16.2. The summed E-state index contributed by atoms with van der Waals surface area (Å²) in [6.07, 6.45) is 2.66. The number of nitrogens with zero attached hydrogens (tertiary/aromatic N) is 2. The van der Waals surface area contributed by atoms with Gasteiger partial charge in [-0.05, 0) is 42.8 Å². The van der Waals surface area contributed by atoms with Crippen LogP contribution in [0.25, 0.3) is 16.7 Å². The van der Waals surface area contributed by atoms with Gasteiger partial charge < -0.3 is 4.74 Å². The first-order chi connectivity index (χ1) is 12.4. The molecule has 3 rings (SSSR count). The monoisotopic (exact) mass is 374 g/mol. The van der Waals surface area contributed by atoms with Gasteiger partial charge >= 0.3 is 5.97 Å². The molecule has 0 aliphatic carbocycles. The van der Waals surface area contributed by atoms with Gasteiger partial charge in [0.1, 0.15) is 6.33 Å². The smallest absolute Gasteiger partial charge is 0.338 e. The summed E-state index contributed by atoms with van der Waals surface area (Å²) in [5.74, 6) is -0.385. The minimum atomic E-state index is -3.50. The molecule has 0 aliphatic heterocycles. The third kappa shape index (κ3) is 4.09. The number of hydrogen-bond acceptors (Lipinski definition) is 6. The van der Waals surface area contributed by atoms with Gasteiger partial charge in [0.15, 0.2) is 0 Å². The van der Waals surface area contributed by atoms with Gasteiger partial charge in [-0.15, -0.1) is 0 Å². The van der Waals surface area contributed by atoms with Crippen LogP contribution in [-0.4, -0.2) is 36.8 Å². The highest BCUT2D eigenvalue weighted by Gasteiger charge is 2.11. The first kappa shape index (κ1) is 18.1. The number of esters is 1. The van der Waals surface area contributed by atoms with Gasteiger partial charge in [0, 0.05) is 5.69 Å². The van der Waals surface area contributed by atoms with Crippen LogP contribution in [0.4, 0.5) is 0 Å². The molecule has 0 spiro atoms. The third-order valence-corrected chi connectivity index (χ3v) is 4.23. The fourth-order valence-corrected chi connectivity index (χ4v) is 2.88. The molecule has 0 saturated carbocycles. The largest absolute Gasteiger partial charge is 0.462 e. The summed E-state index contributed by atoms with van der Waals surface area (Å²) in [6, 6.07) is 12.5. The zero-order valence-electron chi connectivity index (χ0n) is 14.4. The molecule has 0 radical (unpaired) electrons. The van der Waals surface area contributed by atoms with E-state index in [4.69, 9.17) is 8.92 Å². The summed E-state index contributed by atoms with van der Waals surface area (Å²) >= 11 is 0. The second kappa shape index (κ2) is 7.27. The van der Waals surface area contributed by atoms with E-state index >= 15 is 0 Å². The van der Waals surface area contributed by atoms with Crippen molar-refractivity contribution in [1.29, 1.82) is 0 Å². The molecule has 0 saturated heterocycles. The molecule has 0 N–H and O–H groups in total. The van der Waals surface area contributed by atoms with Crippen molar-refractivity contribution in [1.82, 2.24) is 9.55 Å². The van der Waals surface area contributed by atoms with E-state index in [0.717, 1.165) is 23.0 Å². The standard InChI is InChI=1S/C18H18N2O5S/c1-3-24-18(21)14-7-8-17-16(10-14)19-12-20(17)15-6-4-5-13(9-15)11-25-26(2,22)23/h4-10,12H,3,11H2,1-2H3. The number of rotatable bonds is 6. The maximum atomic E-state index is 11.8.